The average molecular weight is 904 g/mol. The zero-order valence-electron chi connectivity index (χ0n) is 31.3. The predicted octanol–water partition coefficient (Wildman–Crippen LogP) is -5.46. The second-order valence-corrected chi connectivity index (χ2v) is 16.2. The maximum atomic E-state index is 13.6. The van der Waals surface area contributed by atoms with Gasteiger partial charge in [0.2, 0.25) is 29.5 Å². The summed E-state index contributed by atoms with van der Waals surface area (Å²) in [4.78, 5) is 133. The van der Waals surface area contributed by atoms with E-state index in [1.54, 1.807) is 0 Å². The Morgan fingerprint density at radius 2 is 0.724 bits per heavy atom. The summed E-state index contributed by atoms with van der Waals surface area (Å²) in [6.45, 7) is -2.95. The molecule has 0 rings (SSSR count). The summed E-state index contributed by atoms with van der Waals surface area (Å²) in [6, 6.07) is -10.5. The van der Waals surface area contributed by atoms with Crippen molar-refractivity contribution in [2.45, 2.75) is 94.0 Å². The average Bonchev–Trinajstić information content (AvgIpc) is 3.11. The summed E-state index contributed by atoms with van der Waals surface area (Å²) in [5.41, 5.74) is 22.1. The Labute approximate surface area is 332 Å². The van der Waals surface area contributed by atoms with Crippen LogP contribution >= 0.6 is 23.5 Å². The number of nitrogens with two attached hydrogens (primary N) is 4. The molecule has 5 amide bonds. The van der Waals surface area contributed by atoms with Gasteiger partial charge in [0.05, 0.1) is 19.8 Å². The monoisotopic (exact) mass is 903 g/mol. The molecule has 0 bridgehead atoms. The highest BCUT2D eigenvalue weighted by molar-refractivity contribution is 7.46. The maximum Gasteiger partial charge on any atom is 0.469 e. The number of carbonyl (C=O) groups is 6. The molecule has 338 valence electrons. The molecular formula is C27H56N9O19P3. The summed E-state index contributed by atoms with van der Waals surface area (Å²) in [5.74, 6) is -7.59. The van der Waals surface area contributed by atoms with Gasteiger partial charge >= 0.3 is 29.4 Å². The van der Waals surface area contributed by atoms with Crippen LogP contribution in [0.3, 0.4) is 0 Å². The molecule has 0 aliphatic heterocycles. The van der Waals surface area contributed by atoms with E-state index >= 15 is 0 Å². The lowest BCUT2D eigenvalue weighted by Crippen LogP contribution is -2.60. The van der Waals surface area contributed by atoms with Crippen LogP contribution in [0.2, 0.25) is 0 Å². The fourth-order valence-corrected chi connectivity index (χ4v) is 5.64. The van der Waals surface area contributed by atoms with Gasteiger partial charge < -0.3 is 84.0 Å². The van der Waals surface area contributed by atoms with Gasteiger partial charge in [-0.1, -0.05) is 0 Å². The van der Waals surface area contributed by atoms with Crippen LogP contribution in [-0.4, -0.2) is 146 Å². The molecule has 0 aliphatic rings. The number of amides is 5. The predicted molar refractivity (Wildman–Crippen MR) is 198 cm³/mol. The van der Waals surface area contributed by atoms with Gasteiger partial charge in [-0.05, 0) is 77.4 Å². The van der Waals surface area contributed by atoms with Gasteiger partial charge in [0.15, 0.2) is 0 Å². The quantitative estimate of drug-likeness (QED) is 0.0221. The van der Waals surface area contributed by atoms with Crippen LogP contribution in [0.5, 0.6) is 0 Å². The van der Waals surface area contributed by atoms with Crippen molar-refractivity contribution in [3.63, 3.8) is 0 Å². The second-order valence-electron chi connectivity index (χ2n) is 12.5. The summed E-state index contributed by atoms with van der Waals surface area (Å²) < 4.78 is 47.1. The van der Waals surface area contributed by atoms with E-state index in [0.717, 1.165) is 0 Å². The van der Waals surface area contributed by atoms with Crippen LogP contribution in [-0.2, 0) is 56.0 Å². The van der Waals surface area contributed by atoms with Crippen molar-refractivity contribution in [1.82, 2.24) is 26.6 Å². The van der Waals surface area contributed by atoms with E-state index in [0.29, 0.717) is 12.8 Å². The third-order valence-corrected chi connectivity index (χ3v) is 9.02. The topological polar surface area (TPSA) is 487 Å². The third kappa shape index (κ3) is 26.2. The number of nitrogens with one attached hydrogen (secondary N) is 5. The minimum absolute atomic E-state index is 0.103. The van der Waals surface area contributed by atoms with Crippen molar-refractivity contribution in [3.8, 4) is 0 Å². The van der Waals surface area contributed by atoms with E-state index < -0.39 is 115 Å². The molecule has 0 saturated carbocycles. The summed E-state index contributed by atoms with van der Waals surface area (Å²) in [5, 5.41) is 20.4. The normalized spacial score (nSPS) is 15.2. The van der Waals surface area contributed by atoms with Crippen molar-refractivity contribution in [2.75, 3.05) is 39.5 Å². The number of hydrogen-bond acceptors (Lipinski definition) is 16. The summed E-state index contributed by atoms with van der Waals surface area (Å²) >= 11 is 0. The summed E-state index contributed by atoms with van der Waals surface area (Å²) in [6.07, 6.45) is 0.984. The van der Waals surface area contributed by atoms with Crippen LogP contribution in [0, 0.1) is 0 Å². The van der Waals surface area contributed by atoms with Crippen LogP contribution < -0.4 is 49.5 Å². The van der Waals surface area contributed by atoms with Gasteiger partial charge in [-0.25, -0.2) is 18.5 Å². The van der Waals surface area contributed by atoms with Gasteiger partial charge in [0, 0.05) is 0 Å². The molecule has 20 N–H and O–H groups in total. The first kappa shape index (κ1) is 55.0. The van der Waals surface area contributed by atoms with Crippen LogP contribution in [0.1, 0.15) is 57.8 Å². The molecule has 0 aliphatic carbocycles. The molecule has 0 aromatic rings. The Balaban J connectivity index is 6.51. The Bertz CT molecular complexity index is 1480. The first-order valence-electron chi connectivity index (χ1n) is 17.5. The molecule has 0 heterocycles. The van der Waals surface area contributed by atoms with Crippen molar-refractivity contribution in [1.29, 1.82) is 0 Å². The SMILES string of the molecule is NCCCC[C@H](NC(=O)[C@H](COP(=O)(O)O)NC(=O)[C@H](CCCCN)NC(=O)[C@H](COP(=O)(O)O)NC(=O)[C@H](CCCCN)NC(=O)[C@@H](N)COP(=O)(O)O)C(=O)O. The lowest BCUT2D eigenvalue weighted by atomic mass is 10.1. The molecular weight excluding hydrogens is 847 g/mol. The summed E-state index contributed by atoms with van der Waals surface area (Å²) in [7, 11) is -15.7. The molecule has 6 atom stereocenters. The number of rotatable bonds is 32. The van der Waals surface area contributed by atoms with Gasteiger partial charge in [-0.15, -0.1) is 0 Å². The Hall–Kier alpha value is -3.01. The highest BCUT2D eigenvalue weighted by atomic mass is 31.2. The zero-order chi connectivity index (χ0) is 44.7. The Kier molecular flexibility index (Phi) is 26.3. The number of aliphatic carboxylic acids is 1. The minimum atomic E-state index is -5.33. The fourth-order valence-electron chi connectivity index (χ4n) is 4.60. The van der Waals surface area contributed by atoms with Crippen LogP contribution in [0.25, 0.3) is 0 Å². The molecule has 0 unspecified atom stereocenters. The Morgan fingerprint density at radius 3 is 1.05 bits per heavy atom. The number of carboxylic acid groups (broad SMARTS) is 1. The van der Waals surface area contributed by atoms with Crippen LogP contribution in [0.4, 0.5) is 0 Å². The lowest BCUT2D eigenvalue weighted by molar-refractivity contribution is -0.142. The van der Waals surface area contributed by atoms with Gasteiger partial charge in [-0.3, -0.25) is 37.5 Å². The maximum absolute atomic E-state index is 13.6. The van der Waals surface area contributed by atoms with E-state index in [9.17, 15) is 67.1 Å². The highest BCUT2D eigenvalue weighted by Crippen LogP contribution is 2.37. The fraction of sp³-hybridized carbons (Fsp3) is 0.778. The van der Waals surface area contributed by atoms with Gasteiger partial charge in [-0.2, -0.15) is 0 Å². The zero-order valence-corrected chi connectivity index (χ0v) is 33.9. The number of carbonyl (C=O) groups excluding carboxylic acids is 5. The number of phosphoric acid groups is 3. The first-order valence-corrected chi connectivity index (χ1v) is 22.1. The van der Waals surface area contributed by atoms with E-state index in [-0.39, 0.29) is 64.6 Å². The molecule has 0 fully saturated rings. The van der Waals surface area contributed by atoms with E-state index in [1.807, 2.05) is 0 Å². The van der Waals surface area contributed by atoms with Crippen molar-refractivity contribution < 1.29 is 90.5 Å². The molecule has 0 radical (unpaired) electrons. The van der Waals surface area contributed by atoms with E-state index in [1.165, 1.54) is 0 Å². The Morgan fingerprint density at radius 1 is 0.448 bits per heavy atom. The van der Waals surface area contributed by atoms with Gasteiger partial charge in [0.25, 0.3) is 0 Å². The van der Waals surface area contributed by atoms with Crippen molar-refractivity contribution >= 4 is 59.0 Å². The number of phosphoric ester groups is 3. The molecule has 0 spiro atoms. The highest BCUT2D eigenvalue weighted by Gasteiger charge is 2.35. The lowest BCUT2D eigenvalue weighted by Gasteiger charge is -2.27. The van der Waals surface area contributed by atoms with Crippen molar-refractivity contribution in [3.05, 3.63) is 0 Å². The van der Waals surface area contributed by atoms with Crippen LogP contribution in [0.15, 0.2) is 0 Å². The molecule has 0 aromatic heterocycles. The number of hydrogen-bond donors (Lipinski definition) is 16. The molecule has 31 heteroatoms. The number of unbranched alkanes of at least 4 members (excludes halogenated alkanes) is 3. The van der Waals surface area contributed by atoms with Crippen molar-refractivity contribution in [2.24, 2.45) is 22.9 Å². The van der Waals surface area contributed by atoms with E-state index in [2.05, 4.69) is 40.2 Å². The van der Waals surface area contributed by atoms with Gasteiger partial charge in [0.1, 0.15) is 36.3 Å². The number of carboxylic acids is 1. The molecule has 0 saturated heterocycles. The molecule has 0 aromatic carbocycles. The first-order chi connectivity index (χ1) is 26.8. The van der Waals surface area contributed by atoms with E-state index in [4.69, 9.17) is 32.7 Å². The smallest absolute Gasteiger partial charge is 0.469 e. The molecule has 58 heavy (non-hydrogen) atoms. The third-order valence-electron chi connectivity index (χ3n) is 7.57. The minimum Gasteiger partial charge on any atom is -0.480 e. The second kappa shape index (κ2) is 27.7. The molecule has 28 nitrogen and oxygen atoms in total. The largest absolute Gasteiger partial charge is 0.480 e. The standard InChI is InChI=1S/C27H56N9O19P3/c28-10-4-1-7-17(32-22(37)16(31)13-53-56(44,45)46)23(38)35-20(14-54-57(47,48)49)25(40)33-18(8-2-5-11-29)24(39)36-21(15-55-58(50,51)52)26(41)34-19(27(42)43)9-3-6-12-30/h16-21H,1-15,28-31H2,(H,32,37)(H,33,40)(H,34,41)(H,35,38)(H,36,39)(H,42,43)(H2,44,45,46)(H2,47,48,49)(H2,50,51,52)/t16-,17-,18-,19-,20-,21-/m0/s1.